The molecular formula is C25H22N8O2S. The number of pyridine rings is 1. The van der Waals surface area contributed by atoms with Gasteiger partial charge in [-0.15, -0.1) is 11.3 Å². The highest BCUT2D eigenvalue weighted by molar-refractivity contribution is 7.17. The van der Waals surface area contributed by atoms with E-state index in [9.17, 15) is 9.90 Å². The van der Waals surface area contributed by atoms with Crippen LogP contribution in [-0.4, -0.2) is 53.1 Å². The predicted octanol–water partition coefficient (Wildman–Crippen LogP) is 3.89. The monoisotopic (exact) mass is 498 g/mol. The van der Waals surface area contributed by atoms with Crippen LogP contribution in [-0.2, 0) is 0 Å². The Morgan fingerprint density at radius 3 is 2.75 bits per heavy atom. The molecule has 0 unspecified atom stereocenters. The molecule has 180 valence electrons. The molecule has 0 saturated carbocycles. The van der Waals surface area contributed by atoms with Crippen LogP contribution in [0.1, 0.15) is 16.7 Å². The molecule has 1 aromatic carbocycles. The quantitative estimate of drug-likeness (QED) is 0.294. The fourth-order valence-corrected chi connectivity index (χ4v) is 4.28. The van der Waals surface area contributed by atoms with Crippen molar-refractivity contribution in [2.75, 3.05) is 17.2 Å². The highest BCUT2D eigenvalue weighted by atomic mass is 32.1. The van der Waals surface area contributed by atoms with Crippen LogP contribution in [0.25, 0.3) is 27.6 Å². The number of nitrogens with one attached hydrogen (secondary N) is 2. The number of benzene rings is 1. The highest BCUT2D eigenvalue weighted by Crippen LogP contribution is 2.27. The van der Waals surface area contributed by atoms with E-state index < -0.39 is 6.10 Å². The van der Waals surface area contributed by atoms with E-state index in [1.54, 1.807) is 50.2 Å². The average molecular weight is 499 g/mol. The lowest BCUT2D eigenvalue weighted by molar-refractivity contribution is 0.102. The molecule has 0 fully saturated rings. The molecule has 1 atom stereocenters. The van der Waals surface area contributed by atoms with Gasteiger partial charge in [0, 0.05) is 55.0 Å². The number of hydrogen-bond donors (Lipinski definition) is 3. The van der Waals surface area contributed by atoms with Crippen molar-refractivity contribution >= 4 is 28.9 Å². The maximum Gasteiger partial charge on any atom is 0.284 e. The number of aliphatic hydroxyl groups is 1. The fraction of sp³-hybridized carbons (Fsp3) is 0.120. The molecule has 4 heterocycles. The van der Waals surface area contributed by atoms with Gasteiger partial charge < -0.3 is 15.7 Å². The second kappa shape index (κ2) is 10.4. The predicted molar refractivity (Wildman–Crippen MR) is 138 cm³/mol. The van der Waals surface area contributed by atoms with Crippen LogP contribution in [0.5, 0.6) is 0 Å². The van der Waals surface area contributed by atoms with Crippen molar-refractivity contribution in [1.82, 2.24) is 29.5 Å². The van der Waals surface area contributed by atoms with E-state index in [4.69, 9.17) is 0 Å². The van der Waals surface area contributed by atoms with Gasteiger partial charge in [0.1, 0.15) is 11.6 Å². The lowest BCUT2D eigenvalue weighted by atomic mass is 10.2. The van der Waals surface area contributed by atoms with Crippen LogP contribution in [0.2, 0.25) is 0 Å². The van der Waals surface area contributed by atoms with Gasteiger partial charge >= 0.3 is 0 Å². The molecule has 0 spiro atoms. The topological polar surface area (TPSA) is 131 Å². The van der Waals surface area contributed by atoms with Crippen LogP contribution in [0, 0.1) is 0 Å². The first-order valence-corrected chi connectivity index (χ1v) is 12.0. The summed E-state index contributed by atoms with van der Waals surface area (Å²) in [5, 5.41) is 15.8. The lowest BCUT2D eigenvalue weighted by Gasteiger charge is -2.11. The molecule has 4 aromatic heterocycles. The van der Waals surface area contributed by atoms with E-state index in [2.05, 4.69) is 35.6 Å². The molecule has 0 radical (unpaired) electrons. The Hall–Kier alpha value is -4.48. The van der Waals surface area contributed by atoms with E-state index in [1.807, 2.05) is 41.0 Å². The number of hydrogen-bond acceptors (Lipinski definition) is 9. The second-order valence-electron chi connectivity index (χ2n) is 7.89. The summed E-state index contributed by atoms with van der Waals surface area (Å²) in [5.74, 6) is 1.39. The maximum absolute atomic E-state index is 12.9. The molecule has 36 heavy (non-hydrogen) atoms. The van der Waals surface area contributed by atoms with Crippen LogP contribution in [0.4, 0.5) is 11.6 Å². The summed E-state index contributed by atoms with van der Waals surface area (Å²) in [7, 11) is 0. The average Bonchev–Trinajstić information content (AvgIpc) is 3.59. The van der Waals surface area contributed by atoms with Gasteiger partial charge in [-0.2, -0.15) is 4.98 Å². The number of imidazole rings is 1. The van der Waals surface area contributed by atoms with Crippen molar-refractivity contribution in [3.63, 3.8) is 0 Å². The molecule has 11 heteroatoms. The molecule has 5 rings (SSSR count). The number of carbonyl (C=O) groups is 1. The van der Waals surface area contributed by atoms with Gasteiger partial charge in [-0.25, -0.2) is 15.0 Å². The number of anilines is 2. The van der Waals surface area contributed by atoms with Crippen molar-refractivity contribution in [3.05, 3.63) is 84.7 Å². The summed E-state index contributed by atoms with van der Waals surface area (Å²) in [6.45, 7) is 2.02. The Bertz CT molecular complexity index is 1480. The van der Waals surface area contributed by atoms with E-state index in [1.165, 1.54) is 11.3 Å². The molecule has 1 amide bonds. The Kier molecular flexibility index (Phi) is 6.74. The zero-order valence-corrected chi connectivity index (χ0v) is 20.1. The minimum Gasteiger partial charge on any atom is -0.392 e. The third-order valence-corrected chi connectivity index (χ3v) is 6.17. The zero-order valence-electron chi connectivity index (χ0n) is 19.2. The first kappa shape index (κ1) is 23.3. The Morgan fingerprint density at radius 2 is 1.92 bits per heavy atom. The van der Waals surface area contributed by atoms with E-state index in [0.717, 1.165) is 16.0 Å². The van der Waals surface area contributed by atoms with E-state index in [-0.39, 0.29) is 5.91 Å². The molecule has 3 N–H and O–H groups in total. The standard InChI is InChI=1S/C25H22N8O2S/c1-16(34)14-30-25-28-10-7-21(32-25)33-12-11-27-22(33)18-3-2-4-19(13-18)31-23(35)24-29-15-20(36-24)17-5-8-26-9-6-17/h2-13,15-16,34H,14H2,1H3,(H,31,35)(H,28,30,32)/t16-/m0/s1. The van der Waals surface area contributed by atoms with Crippen molar-refractivity contribution in [2.24, 2.45) is 0 Å². The van der Waals surface area contributed by atoms with Crippen LogP contribution >= 0.6 is 11.3 Å². The molecule has 0 aliphatic heterocycles. The molecule has 0 saturated heterocycles. The number of rotatable bonds is 8. The largest absolute Gasteiger partial charge is 0.392 e. The summed E-state index contributed by atoms with van der Waals surface area (Å²) >= 11 is 1.32. The van der Waals surface area contributed by atoms with E-state index in [0.29, 0.717) is 34.8 Å². The first-order chi connectivity index (χ1) is 17.6. The van der Waals surface area contributed by atoms with Crippen molar-refractivity contribution in [3.8, 4) is 27.6 Å². The van der Waals surface area contributed by atoms with Crippen molar-refractivity contribution in [2.45, 2.75) is 13.0 Å². The van der Waals surface area contributed by atoms with Crippen LogP contribution in [0.15, 0.2) is 79.6 Å². The number of aromatic nitrogens is 6. The van der Waals surface area contributed by atoms with Gasteiger partial charge in [-0.3, -0.25) is 14.3 Å². The minimum atomic E-state index is -0.523. The summed E-state index contributed by atoms with van der Waals surface area (Å²) in [4.78, 5) is 35.3. The molecular weight excluding hydrogens is 476 g/mol. The smallest absolute Gasteiger partial charge is 0.284 e. The fourth-order valence-electron chi connectivity index (χ4n) is 3.46. The van der Waals surface area contributed by atoms with Gasteiger partial charge in [0.15, 0.2) is 5.01 Å². The molecule has 0 aliphatic rings. The Morgan fingerprint density at radius 1 is 1.06 bits per heavy atom. The number of amides is 1. The third-order valence-electron chi connectivity index (χ3n) is 5.13. The lowest BCUT2D eigenvalue weighted by Crippen LogP contribution is -2.17. The maximum atomic E-state index is 12.9. The third kappa shape index (κ3) is 5.27. The SMILES string of the molecule is C[C@H](O)CNc1nccc(-n2ccnc2-c2cccc(NC(=O)c3ncc(-c4ccncc4)s3)c2)n1. The number of nitrogens with zero attached hydrogens (tertiary/aromatic N) is 6. The van der Waals surface area contributed by atoms with Crippen molar-refractivity contribution in [1.29, 1.82) is 0 Å². The first-order valence-electron chi connectivity index (χ1n) is 11.1. The van der Waals surface area contributed by atoms with Gasteiger partial charge in [0.25, 0.3) is 5.91 Å². The normalized spacial score (nSPS) is 11.7. The van der Waals surface area contributed by atoms with Crippen LogP contribution < -0.4 is 10.6 Å². The molecule has 0 aliphatic carbocycles. The van der Waals surface area contributed by atoms with Gasteiger partial charge in [0.2, 0.25) is 5.95 Å². The zero-order chi connectivity index (χ0) is 24.9. The summed E-state index contributed by atoms with van der Waals surface area (Å²) in [6.07, 6.45) is 9.71. The van der Waals surface area contributed by atoms with Gasteiger partial charge in [-0.05, 0) is 42.8 Å². The highest BCUT2D eigenvalue weighted by Gasteiger charge is 2.15. The summed E-state index contributed by atoms with van der Waals surface area (Å²) < 4.78 is 1.83. The second-order valence-corrected chi connectivity index (χ2v) is 8.92. The number of aliphatic hydroxyl groups excluding tert-OH is 1. The van der Waals surface area contributed by atoms with E-state index >= 15 is 0 Å². The number of carbonyl (C=O) groups excluding carboxylic acids is 1. The van der Waals surface area contributed by atoms with Crippen LogP contribution in [0.3, 0.4) is 0 Å². The molecule has 10 nitrogen and oxygen atoms in total. The van der Waals surface area contributed by atoms with Crippen molar-refractivity contribution < 1.29 is 9.90 Å². The molecule has 5 aromatic rings. The Labute approximate surface area is 210 Å². The summed E-state index contributed by atoms with van der Waals surface area (Å²) in [6, 6.07) is 13.0. The molecule has 0 bridgehead atoms. The Balaban J connectivity index is 1.35. The van der Waals surface area contributed by atoms with Gasteiger partial charge in [-0.1, -0.05) is 12.1 Å². The van der Waals surface area contributed by atoms with Gasteiger partial charge in [0.05, 0.1) is 11.0 Å². The summed E-state index contributed by atoms with van der Waals surface area (Å²) in [5.41, 5.74) is 2.38. The minimum absolute atomic E-state index is 0.287. The number of thiazole rings is 1.